The molecule has 0 aliphatic heterocycles. The maximum Gasteiger partial charge on any atom is 0.329 e. The lowest BCUT2D eigenvalue weighted by Gasteiger charge is -2.38. The van der Waals surface area contributed by atoms with E-state index in [1.165, 1.54) is 12.3 Å². The van der Waals surface area contributed by atoms with Crippen molar-refractivity contribution in [2.45, 2.75) is 37.6 Å². The molecule has 1 amide bonds. The summed E-state index contributed by atoms with van der Waals surface area (Å²) in [7, 11) is 0. The summed E-state index contributed by atoms with van der Waals surface area (Å²) in [6.45, 7) is 0.584. The lowest BCUT2D eigenvalue weighted by atomic mass is 9.76. The summed E-state index contributed by atoms with van der Waals surface area (Å²) in [4.78, 5) is 27.5. The average molecular weight is 325 g/mol. The van der Waals surface area contributed by atoms with Crippen LogP contribution in [0.5, 0.6) is 5.88 Å². The smallest absolute Gasteiger partial charge is 0.329 e. The molecule has 2 N–H and O–H groups in total. The van der Waals surface area contributed by atoms with E-state index in [9.17, 15) is 14.7 Å². The van der Waals surface area contributed by atoms with Gasteiger partial charge in [0.2, 0.25) is 5.88 Å². The van der Waals surface area contributed by atoms with Gasteiger partial charge in [0.25, 0.3) is 5.91 Å². The van der Waals surface area contributed by atoms with Gasteiger partial charge in [-0.1, -0.05) is 11.6 Å². The number of rotatable bonds is 6. The highest BCUT2D eigenvalue weighted by atomic mass is 35.5. The zero-order valence-electron chi connectivity index (χ0n) is 12.0. The number of hydrogen-bond acceptors (Lipinski definition) is 4. The van der Waals surface area contributed by atoms with Crippen molar-refractivity contribution < 1.29 is 19.4 Å². The Balaban J connectivity index is 1.67. The number of carbonyl (C=O) groups excluding carboxylic acids is 1. The normalized spacial score (nSPS) is 19.1. The number of amides is 1. The summed E-state index contributed by atoms with van der Waals surface area (Å²) in [5.74, 6) is -0.600. The van der Waals surface area contributed by atoms with Crippen LogP contribution in [-0.2, 0) is 4.79 Å². The Hall–Kier alpha value is -1.82. The molecule has 1 aromatic rings. The van der Waals surface area contributed by atoms with Crippen LogP contribution in [0.2, 0.25) is 5.02 Å². The standard InChI is InChI=1S/C15H17ClN2O4/c16-11-6-10(7-17-13(11)22-8-9-2-3-9)12(19)18-15(14(20)21)4-1-5-15/h6-7,9H,1-5,8H2,(H,18,19)(H,20,21). The molecule has 2 aliphatic rings. The first-order chi connectivity index (χ1) is 10.5. The number of nitrogens with zero attached hydrogens (tertiary/aromatic N) is 1. The van der Waals surface area contributed by atoms with E-state index >= 15 is 0 Å². The molecule has 0 aromatic carbocycles. The fraction of sp³-hybridized carbons (Fsp3) is 0.533. The van der Waals surface area contributed by atoms with Crippen LogP contribution in [0.1, 0.15) is 42.5 Å². The van der Waals surface area contributed by atoms with Crippen LogP contribution in [0.4, 0.5) is 0 Å². The maximum absolute atomic E-state index is 12.2. The molecule has 0 saturated heterocycles. The molecule has 0 spiro atoms. The number of halogens is 1. The second-order valence-electron chi connectivity index (χ2n) is 5.96. The van der Waals surface area contributed by atoms with E-state index in [-0.39, 0.29) is 10.6 Å². The van der Waals surface area contributed by atoms with Crippen LogP contribution in [0.15, 0.2) is 12.3 Å². The van der Waals surface area contributed by atoms with Gasteiger partial charge in [-0.25, -0.2) is 9.78 Å². The minimum absolute atomic E-state index is 0.233. The summed E-state index contributed by atoms with van der Waals surface area (Å²) in [5, 5.41) is 12.1. The molecule has 0 bridgehead atoms. The van der Waals surface area contributed by atoms with Gasteiger partial charge in [-0.2, -0.15) is 0 Å². The van der Waals surface area contributed by atoms with Gasteiger partial charge in [0.05, 0.1) is 12.2 Å². The topological polar surface area (TPSA) is 88.5 Å². The monoisotopic (exact) mass is 324 g/mol. The van der Waals surface area contributed by atoms with E-state index in [2.05, 4.69) is 10.3 Å². The van der Waals surface area contributed by atoms with Crippen molar-refractivity contribution in [2.75, 3.05) is 6.61 Å². The average Bonchev–Trinajstić information content (AvgIpc) is 3.25. The van der Waals surface area contributed by atoms with E-state index in [1.54, 1.807) is 0 Å². The van der Waals surface area contributed by atoms with Gasteiger partial charge in [-0.15, -0.1) is 0 Å². The number of carboxylic acid groups (broad SMARTS) is 1. The van der Waals surface area contributed by atoms with Gasteiger partial charge >= 0.3 is 5.97 Å². The second-order valence-corrected chi connectivity index (χ2v) is 6.37. The molecular formula is C15H17ClN2O4. The van der Waals surface area contributed by atoms with Crippen LogP contribution in [0.3, 0.4) is 0 Å². The third kappa shape index (κ3) is 3.02. The van der Waals surface area contributed by atoms with Crippen molar-refractivity contribution in [3.63, 3.8) is 0 Å². The summed E-state index contributed by atoms with van der Waals surface area (Å²) < 4.78 is 5.50. The summed E-state index contributed by atoms with van der Waals surface area (Å²) in [6.07, 6.45) is 5.36. The van der Waals surface area contributed by atoms with Crippen LogP contribution in [0.25, 0.3) is 0 Å². The first-order valence-corrected chi connectivity index (χ1v) is 7.72. The van der Waals surface area contributed by atoms with Crippen molar-refractivity contribution >= 4 is 23.5 Å². The molecule has 7 heteroatoms. The molecule has 0 atom stereocenters. The predicted octanol–water partition coefficient (Wildman–Crippen LogP) is 2.26. The fourth-order valence-electron chi connectivity index (χ4n) is 2.35. The fourth-order valence-corrected chi connectivity index (χ4v) is 2.57. The van der Waals surface area contributed by atoms with E-state index in [4.69, 9.17) is 16.3 Å². The highest BCUT2D eigenvalue weighted by Gasteiger charge is 2.45. The number of nitrogens with one attached hydrogen (secondary N) is 1. The number of carbonyl (C=O) groups is 2. The summed E-state index contributed by atoms with van der Waals surface area (Å²) in [5.41, 5.74) is -0.915. The van der Waals surface area contributed by atoms with Crippen molar-refractivity contribution in [1.82, 2.24) is 10.3 Å². The van der Waals surface area contributed by atoms with Gasteiger partial charge in [-0.05, 0) is 44.1 Å². The van der Waals surface area contributed by atoms with Crippen molar-refractivity contribution in [2.24, 2.45) is 5.92 Å². The van der Waals surface area contributed by atoms with Gasteiger partial charge in [0, 0.05) is 6.20 Å². The molecule has 2 fully saturated rings. The van der Waals surface area contributed by atoms with Gasteiger partial charge in [-0.3, -0.25) is 4.79 Å². The lowest BCUT2D eigenvalue weighted by molar-refractivity contribution is -0.148. The van der Waals surface area contributed by atoms with Crippen molar-refractivity contribution in [3.05, 3.63) is 22.8 Å². The Morgan fingerprint density at radius 1 is 1.45 bits per heavy atom. The number of pyridine rings is 1. The maximum atomic E-state index is 12.2. The first-order valence-electron chi connectivity index (χ1n) is 7.34. The Labute approximate surface area is 132 Å². The number of aromatic nitrogens is 1. The molecular weight excluding hydrogens is 308 g/mol. The quantitative estimate of drug-likeness (QED) is 0.838. The largest absolute Gasteiger partial charge is 0.480 e. The van der Waals surface area contributed by atoms with Gasteiger partial charge < -0.3 is 15.2 Å². The SMILES string of the molecule is O=C(NC1(C(=O)O)CCC1)c1cnc(OCC2CC2)c(Cl)c1. The van der Waals surface area contributed by atoms with E-state index in [0.717, 1.165) is 19.3 Å². The van der Waals surface area contributed by atoms with Crippen LogP contribution >= 0.6 is 11.6 Å². The van der Waals surface area contributed by atoms with E-state index in [0.29, 0.717) is 31.2 Å². The van der Waals surface area contributed by atoms with Crippen molar-refractivity contribution in [1.29, 1.82) is 0 Å². The van der Waals surface area contributed by atoms with Crippen molar-refractivity contribution in [3.8, 4) is 5.88 Å². The van der Waals surface area contributed by atoms with E-state index < -0.39 is 17.4 Å². The molecule has 2 saturated carbocycles. The Kier molecular flexibility index (Phi) is 3.95. The minimum atomic E-state index is -1.15. The van der Waals surface area contributed by atoms with E-state index in [1.807, 2.05) is 0 Å². The minimum Gasteiger partial charge on any atom is -0.480 e. The lowest BCUT2D eigenvalue weighted by Crippen LogP contribution is -2.59. The zero-order valence-corrected chi connectivity index (χ0v) is 12.7. The third-order valence-corrected chi connectivity index (χ3v) is 4.46. The molecule has 1 aromatic heterocycles. The van der Waals surface area contributed by atoms with Crippen LogP contribution in [0, 0.1) is 5.92 Å². The Morgan fingerprint density at radius 2 is 2.18 bits per heavy atom. The Morgan fingerprint density at radius 3 is 2.68 bits per heavy atom. The first kappa shape index (κ1) is 15.1. The zero-order chi connectivity index (χ0) is 15.7. The number of carboxylic acids is 1. The number of ether oxygens (including phenoxy) is 1. The highest BCUT2D eigenvalue weighted by Crippen LogP contribution is 2.33. The summed E-state index contributed by atoms with van der Waals surface area (Å²) >= 11 is 6.08. The molecule has 2 aliphatic carbocycles. The molecule has 22 heavy (non-hydrogen) atoms. The molecule has 1 heterocycles. The van der Waals surface area contributed by atoms with Crippen LogP contribution < -0.4 is 10.1 Å². The second kappa shape index (κ2) is 5.76. The summed E-state index contributed by atoms with van der Waals surface area (Å²) in [6, 6.07) is 1.46. The molecule has 0 unspecified atom stereocenters. The third-order valence-electron chi connectivity index (χ3n) is 4.19. The molecule has 0 radical (unpaired) electrons. The molecule has 3 rings (SSSR count). The highest BCUT2D eigenvalue weighted by molar-refractivity contribution is 6.32. The number of hydrogen-bond donors (Lipinski definition) is 2. The predicted molar refractivity (Wildman–Crippen MR) is 79.2 cm³/mol. The van der Waals surface area contributed by atoms with Gasteiger partial charge in [0.15, 0.2) is 0 Å². The molecule has 6 nitrogen and oxygen atoms in total. The number of aliphatic carboxylic acids is 1. The van der Waals surface area contributed by atoms with Crippen LogP contribution in [-0.4, -0.2) is 34.1 Å². The Bertz CT molecular complexity index is 612. The molecule has 118 valence electrons. The van der Waals surface area contributed by atoms with Gasteiger partial charge in [0.1, 0.15) is 10.6 Å².